The van der Waals surface area contributed by atoms with Crippen molar-refractivity contribution in [3.05, 3.63) is 167 Å². The van der Waals surface area contributed by atoms with E-state index in [2.05, 4.69) is 20.6 Å². The molecule has 2 amide bonds. The topological polar surface area (TPSA) is 181 Å². The number of Topliss-reactive ketones (excluding diaryl/α,β-unsaturated/α-hetero) is 2. The molecule has 2 atom stereocenters. The van der Waals surface area contributed by atoms with Gasteiger partial charge in [0.25, 0.3) is 0 Å². The maximum Gasteiger partial charge on any atom is 0.326 e. The zero-order valence-corrected chi connectivity index (χ0v) is 42.4. The maximum atomic E-state index is 13.3. The van der Waals surface area contributed by atoms with E-state index >= 15 is 0 Å². The molecular weight excluding hydrogens is 885 g/mol. The molecule has 0 aromatic carbocycles. The number of carbonyl (C=O) groups excluding carboxylic acids is 6. The van der Waals surface area contributed by atoms with E-state index in [0.717, 1.165) is 33.4 Å². The van der Waals surface area contributed by atoms with Crippen LogP contribution in [0.3, 0.4) is 0 Å². The largest absolute Gasteiger partial charge is 0.454 e. The van der Waals surface area contributed by atoms with Crippen LogP contribution in [0.15, 0.2) is 167 Å². The molecule has 0 bridgehead atoms. The number of esters is 2. The van der Waals surface area contributed by atoms with Crippen LogP contribution >= 0.6 is 0 Å². The van der Waals surface area contributed by atoms with Crippen LogP contribution < -0.4 is 10.6 Å². The summed E-state index contributed by atoms with van der Waals surface area (Å²) in [5, 5.41) is 5.43. The van der Waals surface area contributed by atoms with Crippen LogP contribution in [-0.4, -0.2) is 80.0 Å². The van der Waals surface area contributed by atoms with Gasteiger partial charge in [0, 0.05) is 63.6 Å². The second kappa shape index (κ2) is 26.5. The number of nitrogens with zero attached hydrogens (tertiary/aromatic N) is 4. The van der Waals surface area contributed by atoms with E-state index < -0.39 is 35.0 Å². The Kier molecular flexibility index (Phi) is 21.0. The van der Waals surface area contributed by atoms with Crippen LogP contribution in [-0.2, 0) is 28.7 Å². The zero-order valence-electron chi connectivity index (χ0n) is 42.4. The summed E-state index contributed by atoms with van der Waals surface area (Å²) in [4.78, 5) is 83.5. The second-order valence-corrected chi connectivity index (χ2v) is 19.0. The molecule has 4 rings (SSSR count). The molecule has 2 aliphatic carbocycles. The van der Waals surface area contributed by atoms with Gasteiger partial charge >= 0.3 is 24.0 Å². The molecule has 2 aromatic heterocycles. The Bertz CT molecular complexity index is 2390. The first kappa shape index (κ1) is 55.4. The van der Waals surface area contributed by atoms with Crippen molar-refractivity contribution in [2.24, 2.45) is 10.8 Å². The van der Waals surface area contributed by atoms with Gasteiger partial charge in [-0.1, -0.05) is 135 Å². The minimum Gasteiger partial charge on any atom is -0.454 e. The fourth-order valence-electron chi connectivity index (χ4n) is 7.99. The SMILES string of the molecule is CC1=C(/C=C/C(C)=C/C=C/C(C)=C/C=C/C=C(C)/C=C/C=C(C)/C=C/C2=C(C)C(=O)C(OC(=O)CCCNC(=O)n3ccnc3)CC2(C)C)C(C)(C)CC(OC(=O)CCCNC(=O)n2ccnc2)C1=O. The quantitative estimate of drug-likeness (QED) is 0.0736. The van der Waals surface area contributed by atoms with Gasteiger partial charge in [0.05, 0.1) is 0 Å². The van der Waals surface area contributed by atoms with Gasteiger partial charge < -0.3 is 20.1 Å². The lowest BCUT2D eigenvalue weighted by Crippen LogP contribution is -2.39. The van der Waals surface area contributed by atoms with E-state index in [-0.39, 0.29) is 49.6 Å². The van der Waals surface area contributed by atoms with Gasteiger partial charge in [-0.3, -0.25) is 28.3 Å². The number of aromatic nitrogens is 4. The van der Waals surface area contributed by atoms with Crippen LogP contribution in [0.5, 0.6) is 0 Å². The highest BCUT2D eigenvalue weighted by molar-refractivity contribution is 6.02. The fourth-order valence-corrected chi connectivity index (χ4v) is 7.99. The summed E-state index contributed by atoms with van der Waals surface area (Å²) in [5.41, 5.74) is 6.35. The molecule has 2 aromatic rings. The average molecular weight is 955 g/mol. The summed E-state index contributed by atoms with van der Waals surface area (Å²) in [5.74, 6) is -1.32. The molecule has 0 saturated carbocycles. The van der Waals surface area contributed by atoms with Gasteiger partial charge in [-0.05, 0) is 87.5 Å². The summed E-state index contributed by atoms with van der Waals surface area (Å²) < 4.78 is 13.9. The fraction of sp³-hybridized carbons (Fsp3) is 0.393. The minimum atomic E-state index is -0.848. The van der Waals surface area contributed by atoms with E-state index in [1.807, 2.05) is 140 Å². The van der Waals surface area contributed by atoms with Crippen molar-refractivity contribution in [3.63, 3.8) is 0 Å². The Morgan fingerprint density at radius 1 is 0.600 bits per heavy atom. The van der Waals surface area contributed by atoms with Crippen molar-refractivity contribution >= 4 is 35.6 Å². The predicted molar refractivity (Wildman–Crippen MR) is 273 cm³/mol. The number of hydrogen-bond donors (Lipinski definition) is 2. The first-order valence-corrected chi connectivity index (χ1v) is 23.7. The average Bonchev–Trinajstić information content (AvgIpc) is 4.05. The molecule has 0 saturated heterocycles. The molecule has 0 radical (unpaired) electrons. The number of allylic oxidation sites excluding steroid dienone is 20. The molecule has 70 heavy (non-hydrogen) atoms. The summed E-state index contributed by atoms with van der Waals surface area (Å²) >= 11 is 0. The van der Waals surface area contributed by atoms with E-state index in [1.54, 1.807) is 13.8 Å². The van der Waals surface area contributed by atoms with Crippen LogP contribution in [0.2, 0.25) is 0 Å². The molecule has 0 fully saturated rings. The van der Waals surface area contributed by atoms with Gasteiger partial charge in [0.15, 0.2) is 23.8 Å². The van der Waals surface area contributed by atoms with Crippen LogP contribution in [0.4, 0.5) is 9.59 Å². The molecular formula is C56H70N6O8. The number of ketones is 2. The van der Waals surface area contributed by atoms with Gasteiger partial charge in [0.1, 0.15) is 12.7 Å². The summed E-state index contributed by atoms with van der Waals surface area (Å²) in [7, 11) is 0. The van der Waals surface area contributed by atoms with Crippen molar-refractivity contribution in [1.82, 2.24) is 29.7 Å². The Balaban J connectivity index is 1.21. The first-order valence-electron chi connectivity index (χ1n) is 23.7. The molecule has 2 aliphatic rings. The first-order chi connectivity index (χ1) is 33.2. The number of nitrogens with one attached hydrogen (secondary N) is 2. The van der Waals surface area contributed by atoms with Crippen LogP contribution in [0.1, 0.15) is 108 Å². The summed E-state index contributed by atoms with van der Waals surface area (Å²) in [6.45, 7) is 20.4. The molecule has 14 heteroatoms. The highest BCUT2D eigenvalue weighted by Crippen LogP contribution is 2.42. The molecule has 14 nitrogen and oxygen atoms in total. The number of amides is 2. The number of carbonyl (C=O) groups is 6. The Morgan fingerprint density at radius 2 is 0.957 bits per heavy atom. The van der Waals surface area contributed by atoms with E-state index in [4.69, 9.17) is 9.47 Å². The highest BCUT2D eigenvalue weighted by Gasteiger charge is 2.41. The van der Waals surface area contributed by atoms with Gasteiger partial charge in [-0.2, -0.15) is 0 Å². The molecule has 2 heterocycles. The van der Waals surface area contributed by atoms with Crippen LogP contribution in [0.25, 0.3) is 0 Å². The van der Waals surface area contributed by atoms with Crippen molar-refractivity contribution < 1.29 is 38.2 Å². The Morgan fingerprint density at radius 3 is 1.31 bits per heavy atom. The highest BCUT2D eigenvalue weighted by atomic mass is 16.6. The molecule has 2 unspecified atom stereocenters. The van der Waals surface area contributed by atoms with Crippen LogP contribution in [0, 0.1) is 10.8 Å². The number of hydrogen-bond acceptors (Lipinski definition) is 10. The van der Waals surface area contributed by atoms with Crippen molar-refractivity contribution in [3.8, 4) is 0 Å². The van der Waals surface area contributed by atoms with Crippen molar-refractivity contribution in [2.75, 3.05) is 13.1 Å². The maximum absolute atomic E-state index is 13.3. The molecule has 2 N–H and O–H groups in total. The lowest BCUT2D eigenvalue weighted by molar-refractivity contribution is -0.156. The Hall–Kier alpha value is -7.22. The zero-order chi connectivity index (χ0) is 51.4. The monoisotopic (exact) mass is 955 g/mol. The third-order valence-corrected chi connectivity index (χ3v) is 12.0. The third-order valence-electron chi connectivity index (χ3n) is 12.0. The summed E-state index contributed by atoms with van der Waals surface area (Å²) in [6.07, 6.45) is 36.9. The number of imidazole rings is 2. The lowest BCUT2D eigenvalue weighted by atomic mass is 9.71. The van der Waals surface area contributed by atoms with Gasteiger partial charge in [0.2, 0.25) is 0 Å². The van der Waals surface area contributed by atoms with Gasteiger partial charge in [-0.25, -0.2) is 19.6 Å². The normalized spacial score (nSPS) is 19.4. The molecule has 0 aliphatic heterocycles. The molecule has 0 spiro atoms. The van der Waals surface area contributed by atoms with Gasteiger partial charge in [-0.15, -0.1) is 0 Å². The van der Waals surface area contributed by atoms with E-state index in [0.29, 0.717) is 36.8 Å². The van der Waals surface area contributed by atoms with E-state index in [1.165, 1.54) is 46.6 Å². The van der Waals surface area contributed by atoms with E-state index in [9.17, 15) is 28.8 Å². The standard InChI is InChI=1S/C56H70N6O8/c1-39(19-13-21-41(3)25-27-45-43(5)51(65)47(35-55(45,7)8)69-49(63)23-15-29-59-53(67)61-33-31-57-37-61)17-11-12-18-40(2)20-14-22-42(4)26-28-46-44(6)52(66)48(36-56(46,9)10)70-50(64)24-16-30-60-54(68)62-34-32-58-38-62/h11-14,17-22,25-28,31-34,37-38,47-48H,15-16,23-24,29-30,35-36H2,1-10H3,(H,59,67)(H,60,68)/b12-11+,19-13+,20-14+,27-25+,28-26+,39-17+,40-18+,41-21+,42-22+. The summed E-state index contributed by atoms with van der Waals surface area (Å²) in [6, 6.07) is -0.660. The Labute approximate surface area is 413 Å². The number of rotatable bonds is 20. The number of ether oxygens (including phenoxy) is 2. The minimum absolute atomic E-state index is 0.0842. The van der Waals surface area contributed by atoms with Crippen molar-refractivity contribution in [1.29, 1.82) is 0 Å². The molecule has 372 valence electrons. The third kappa shape index (κ3) is 17.4. The smallest absolute Gasteiger partial charge is 0.326 e. The predicted octanol–water partition coefficient (Wildman–Crippen LogP) is 10.5. The lowest BCUT2D eigenvalue weighted by Gasteiger charge is -2.36. The second-order valence-electron chi connectivity index (χ2n) is 19.0. The van der Waals surface area contributed by atoms with Crippen molar-refractivity contribution in [2.45, 2.75) is 120 Å².